The molecule has 1 heterocycles. The SMILES string of the molecule is CCNC(=NCCOCCS(C)(=O)=O)NC1CCOc2ccccc21.I. The Morgan fingerprint density at radius 3 is 2.85 bits per heavy atom. The topological polar surface area (TPSA) is 89.0 Å². The van der Waals surface area contributed by atoms with Crippen molar-refractivity contribution in [3.05, 3.63) is 29.8 Å². The van der Waals surface area contributed by atoms with Gasteiger partial charge in [0.25, 0.3) is 0 Å². The summed E-state index contributed by atoms with van der Waals surface area (Å²) in [4.78, 5) is 4.49. The van der Waals surface area contributed by atoms with E-state index in [0.29, 0.717) is 19.8 Å². The van der Waals surface area contributed by atoms with Crippen LogP contribution in [-0.2, 0) is 14.6 Å². The quantitative estimate of drug-likeness (QED) is 0.246. The molecule has 1 atom stereocenters. The molecule has 0 fully saturated rings. The van der Waals surface area contributed by atoms with E-state index in [0.717, 1.165) is 30.2 Å². The Hall–Kier alpha value is -1.07. The molecule has 0 spiro atoms. The summed E-state index contributed by atoms with van der Waals surface area (Å²) >= 11 is 0. The number of aliphatic imine (C=N–C) groups is 1. The molecule has 148 valence electrons. The van der Waals surface area contributed by atoms with Crippen molar-refractivity contribution in [2.45, 2.75) is 19.4 Å². The Balaban J connectivity index is 0.00000338. The maximum atomic E-state index is 11.0. The lowest BCUT2D eigenvalue weighted by Gasteiger charge is -2.28. The van der Waals surface area contributed by atoms with Gasteiger partial charge in [0.15, 0.2) is 5.96 Å². The number of ether oxygens (including phenoxy) is 2. The van der Waals surface area contributed by atoms with Crippen LogP contribution in [0.2, 0.25) is 0 Å². The number of halogens is 1. The molecule has 1 aromatic rings. The smallest absolute Gasteiger partial charge is 0.191 e. The minimum atomic E-state index is -2.98. The van der Waals surface area contributed by atoms with E-state index in [-0.39, 0.29) is 42.4 Å². The van der Waals surface area contributed by atoms with Crippen molar-refractivity contribution in [1.82, 2.24) is 10.6 Å². The van der Waals surface area contributed by atoms with E-state index in [1.807, 2.05) is 25.1 Å². The number of nitrogens with zero attached hydrogens (tertiary/aromatic N) is 1. The highest BCUT2D eigenvalue weighted by molar-refractivity contribution is 14.0. The first-order valence-electron chi connectivity index (χ1n) is 8.51. The van der Waals surface area contributed by atoms with Gasteiger partial charge >= 0.3 is 0 Å². The van der Waals surface area contributed by atoms with Gasteiger partial charge in [-0.3, -0.25) is 4.99 Å². The van der Waals surface area contributed by atoms with Gasteiger partial charge in [-0.25, -0.2) is 8.42 Å². The first-order valence-corrected chi connectivity index (χ1v) is 10.6. The number of nitrogens with one attached hydrogen (secondary N) is 2. The average Bonchev–Trinajstić information content (AvgIpc) is 2.57. The summed E-state index contributed by atoms with van der Waals surface area (Å²) in [5, 5.41) is 6.66. The molecule has 7 nitrogen and oxygen atoms in total. The normalized spacial score (nSPS) is 16.8. The van der Waals surface area contributed by atoms with E-state index in [9.17, 15) is 8.42 Å². The Bertz CT molecular complexity index is 682. The molecule has 0 bridgehead atoms. The molecular formula is C17H28IN3O4S. The second-order valence-electron chi connectivity index (χ2n) is 5.87. The molecule has 0 radical (unpaired) electrons. The molecule has 9 heteroatoms. The van der Waals surface area contributed by atoms with E-state index in [2.05, 4.69) is 21.7 Å². The van der Waals surface area contributed by atoms with Crippen LogP contribution >= 0.6 is 24.0 Å². The van der Waals surface area contributed by atoms with E-state index < -0.39 is 9.84 Å². The fraction of sp³-hybridized carbons (Fsp3) is 0.588. The van der Waals surface area contributed by atoms with Gasteiger partial charge in [0.2, 0.25) is 0 Å². The van der Waals surface area contributed by atoms with Gasteiger partial charge < -0.3 is 20.1 Å². The van der Waals surface area contributed by atoms with Crippen LogP contribution in [0.15, 0.2) is 29.3 Å². The van der Waals surface area contributed by atoms with E-state index >= 15 is 0 Å². The minimum Gasteiger partial charge on any atom is -0.493 e. The molecule has 2 N–H and O–H groups in total. The number of hydrogen-bond acceptors (Lipinski definition) is 5. The predicted molar refractivity (Wildman–Crippen MR) is 114 cm³/mol. The highest BCUT2D eigenvalue weighted by Gasteiger charge is 2.21. The van der Waals surface area contributed by atoms with Crippen molar-refractivity contribution in [3.63, 3.8) is 0 Å². The number of hydrogen-bond donors (Lipinski definition) is 2. The van der Waals surface area contributed by atoms with Gasteiger partial charge in [0.05, 0.1) is 38.2 Å². The van der Waals surface area contributed by atoms with Crippen LogP contribution in [0.25, 0.3) is 0 Å². The molecule has 2 rings (SSSR count). The largest absolute Gasteiger partial charge is 0.493 e. The summed E-state index contributed by atoms with van der Waals surface area (Å²) in [5.41, 5.74) is 1.13. The number of fused-ring (bicyclic) bond motifs is 1. The monoisotopic (exact) mass is 497 g/mol. The van der Waals surface area contributed by atoms with Crippen LogP contribution in [0.1, 0.15) is 24.9 Å². The van der Waals surface area contributed by atoms with Gasteiger partial charge in [0, 0.05) is 24.8 Å². The van der Waals surface area contributed by atoms with Crippen molar-refractivity contribution in [1.29, 1.82) is 0 Å². The lowest BCUT2D eigenvalue weighted by atomic mass is 10.0. The molecule has 1 aliphatic rings. The lowest BCUT2D eigenvalue weighted by Crippen LogP contribution is -2.41. The van der Waals surface area contributed by atoms with Gasteiger partial charge in [-0.2, -0.15) is 0 Å². The average molecular weight is 497 g/mol. The zero-order valence-corrected chi connectivity index (χ0v) is 18.4. The Kier molecular flexibility index (Phi) is 10.3. The first kappa shape index (κ1) is 23.0. The van der Waals surface area contributed by atoms with Crippen molar-refractivity contribution in [2.24, 2.45) is 4.99 Å². The van der Waals surface area contributed by atoms with Crippen molar-refractivity contribution in [3.8, 4) is 5.75 Å². The molecule has 26 heavy (non-hydrogen) atoms. The summed E-state index contributed by atoms with van der Waals surface area (Å²) in [7, 11) is -2.98. The fourth-order valence-corrected chi connectivity index (χ4v) is 2.93. The van der Waals surface area contributed by atoms with Gasteiger partial charge in [-0.15, -0.1) is 24.0 Å². The number of sulfone groups is 1. The second kappa shape index (κ2) is 11.6. The summed E-state index contributed by atoms with van der Waals surface area (Å²) in [6.07, 6.45) is 2.07. The van der Waals surface area contributed by atoms with Crippen LogP contribution < -0.4 is 15.4 Å². The number of rotatable bonds is 8. The zero-order chi connectivity index (χ0) is 18.1. The predicted octanol–water partition coefficient (Wildman–Crippen LogP) is 1.74. The third kappa shape index (κ3) is 8.09. The molecule has 0 saturated carbocycles. The molecule has 0 aliphatic carbocycles. The molecule has 1 aromatic carbocycles. The van der Waals surface area contributed by atoms with Gasteiger partial charge in [-0.1, -0.05) is 18.2 Å². The molecule has 1 aliphatic heterocycles. The van der Waals surface area contributed by atoms with Crippen molar-refractivity contribution < 1.29 is 17.9 Å². The number of benzene rings is 1. The fourth-order valence-electron chi connectivity index (χ4n) is 2.51. The summed E-state index contributed by atoms with van der Waals surface area (Å²) in [6.45, 7) is 4.48. The van der Waals surface area contributed by atoms with Crippen LogP contribution in [-0.4, -0.2) is 59.3 Å². The summed E-state index contributed by atoms with van der Waals surface area (Å²) in [5.74, 6) is 1.66. The third-order valence-electron chi connectivity index (χ3n) is 3.72. The molecule has 0 aromatic heterocycles. The highest BCUT2D eigenvalue weighted by atomic mass is 127. The van der Waals surface area contributed by atoms with Crippen molar-refractivity contribution >= 4 is 39.8 Å². The van der Waals surface area contributed by atoms with E-state index in [4.69, 9.17) is 9.47 Å². The van der Waals surface area contributed by atoms with Crippen LogP contribution in [0.4, 0.5) is 0 Å². The maximum absolute atomic E-state index is 11.0. The Labute approximate surface area is 172 Å². The van der Waals surface area contributed by atoms with Gasteiger partial charge in [0.1, 0.15) is 15.6 Å². The second-order valence-corrected chi connectivity index (χ2v) is 8.13. The first-order chi connectivity index (χ1) is 12.0. The number of guanidine groups is 1. The molecule has 1 unspecified atom stereocenters. The lowest BCUT2D eigenvalue weighted by molar-refractivity contribution is 0.157. The minimum absolute atomic E-state index is 0. The summed E-state index contributed by atoms with van der Waals surface area (Å²) < 4.78 is 33.1. The molecule has 0 amide bonds. The van der Waals surface area contributed by atoms with Crippen LogP contribution in [0.5, 0.6) is 5.75 Å². The van der Waals surface area contributed by atoms with E-state index in [1.54, 1.807) is 0 Å². The highest BCUT2D eigenvalue weighted by Crippen LogP contribution is 2.31. The van der Waals surface area contributed by atoms with E-state index in [1.165, 1.54) is 6.26 Å². The van der Waals surface area contributed by atoms with Crippen LogP contribution in [0.3, 0.4) is 0 Å². The Morgan fingerprint density at radius 2 is 2.12 bits per heavy atom. The molecular weight excluding hydrogens is 469 g/mol. The standard InChI is InChI=1S/C17H27N3O4S.HI/c1-3-18-17(19-9-11-23-12-13-25(2,21)22)20-15-8-10-24-16-7-5-4-6-14(15)16;/h4-7,15H,3,8-13H2,1-2H3,(H2,18,19,20);1H. The summed E-state index contributed by atoms with van der Waals surface area (Å²) in [6, 6.07) is 8.15. The third-order valence-corrected chi connectivity index (χ3v) is 4.63. The Morgan fingerprint density at radius 1 is 1.35 bits per heavy atom. The van der Waals surface area contributed by atoms with Crippen LogP contribution in [0, 0.1) is 0 Å². The van der Waals surface area contributed by atoms with Gasteiger partial charge in [-0.05, 0) is 13.0 Å². The zero-order valence-electron chi connectivity index (χ0n) is 15.2. The maximum Gasteiger partial charge on any atom is 0.191 e. The number of para-hydroxylation sites is 1. The van der Waals surface area contributed by atoms with Crippen molar-refractivity contribution in [2.75, 3.05) is 44.9 Å². The molecule has 0 saturated heterocycles.